The fraction of sp³-hybridized carbons (Fsp3) is 0.0500. The largest absolute Gasteiger partial charge is 0.453 e. The maximum Gasteiger partial charge on any atom is 0.213 e. The summed E-state index contributed by atoms with van der Waals surface area (Å²) in [4.78, 5) is 3.91. The highest BCUT2D eigenvalue weighted by molar-refractivity contribution is 6.10. The first-order chi connectivity index (χ1) is 13.0. The van der Waals surface area contributed by atoms with Crippen LogP contribution in [0.4, 0.5) is 15.8 Å². The zero-order valence-electron chi connectivity index (χ0n) is 14.3. The van der Waals surface area contributed by atoms with Gasteiger partial charge in [-0.1, -0.05) is 6.07 Å². The van der Waals surface area contributed by atoms with Crippen molar-refractivity contribution in [1.82, 2.24) is 4.98 Å². The standard InChI is InChI=1S/C20H14FN5O/c1-9-2-3-14(24)12(7-22)17(9)10-6-11-19-15(4-5-16(21)26-19)27-20(11)13(8-23)18(10)25/h2-7,22H,24-25H2,1H3. The lowest BCUT2D eigenvalue weighted by Gasteiger charge is -2.15. The van der Waals surface area contributed by atoms with Crippen molar-refractivity contribution in [2.75, 3.05) is 11.5 Å². The molecule has 4 aromatic rings. The second kappa shape index (κ2) is 5.81. The van der Waals surface area contributed by atoms with Gasteiger partial charge in [0.25, 0.3) is 0 Å². The molecule has 0 fully saturated rings. The Morgan fingerprint density at radius 1 is 1.26 bits per heavy atom. The lowest BCUT2D eigenvalue weighted by Crippen LogP contribution is -2.02. The summed E-state index contributed by atoms with van der Waals surface area (Å²) in [6, 6.07) is 9.96. The Labute approximate surface area is 153 Å². The Morgan fingerprint density at radius 2 is 2.04 bits per heavy atom. The minimum absolute atomic E-state index is 0.138. The van der Waals surface area contributed by atoms with Crippen LogP contribution >= 0.6 is 0 Å². The molecule has 2 heterocycles. The van der Waals surface area contributed by atoms with E-state index in [4.69, 9.17) is 21.3 Å². The zero-order valence-corrected chi connectivity index (χ0v) is 14.3. The molecule has 0 bridgehead atoms. The summed E-state index contributed by atoms with van der Waals surface area (Å²) in [6.45, 7) is 1.86. The number of benzene rings is 2. The second-order valence-electron chi connectivity index (χ2n) is 6.19. The summed E-state index contributed by atoms with van der Waals surface area (Å²) in [5.74, 6) is -0.651. The van der Waals surface area contributed by atoms with E-state index in [9.17, 15) is 9.65 Å². The second-order valence-corrected chi connectivity index (χ2v) is 6.19. The lowest BCUT2D eigenvalue weighted by atomic mass is 9.90. The molecule has 0 amide bonds. The average molecular weight is 359 g/mol. The molecule has 0 saturated heterocycles. The normalized spacial score (nSPS) is 11.0. The monoisotopic (exact) mass is 359 g/mol. The molecule has 6 nitrogen and oxygen atoms in total. The third kappa shape index (κ3) is 2.31. The number of halogens is 1. The van der Waals surface area contributed by atoms with E-state index < -0.39 is 5.95 Å². The molecular weight excluding hydrogens is 345 g/mol. The van der Waals surface area contributed by atoms with Crippen LogP contribution in [-0.2, 0) is 0 Å². The number of nitrogen functional groups attached to an aromatic ring is 2. The fourth-order valence-corrected chi connectivity index (χ4v) is 3.34. The Bertz CT molecular complexity index is 1300. The summed E-state index contributed by atoms with van der Waals surface area (Å²) in [5, 5.41) is 17.9. The number of hydrogen-bond acceptors (Lipinski definition) is 6. The van der Waals surface area contributed by atoms with Crippen molar-refractivity contribution in [1.29, 1.82) is 10.7 Å². The number of nitriles is 1. The van der Waals surface area contributed by atoms with E-state index in [2.05, 4.69) is 11.1 Å². The number of nitrogens with zero attached hydrogens (tertiary/aromatic N) is 2. The quantitative estimate of drug-likeness (QED) is 0.282. The van der Waals surface area contributed by atoms with Gasteiger partial charge in [-0.2, -0.15) is 9.65 Å². The fourth-order valence-electron chi connectivity index (χ4n) is 3.34. The van der Waals surface area contributed by atoms with E-state index in [0.29, 0.717) is 38.9 Å². The molecule has 0 aliphatic carbocycles. The van der Waals surface area contributed by atoms with Crippen molar-refractivity contribution in [3.8, 4) is 17.2 Å². The van der Waals surface area contributed by atoms with Gasteiger partial charge in [-0.15, -0.1) is 0 Å². The smallest absolute Gasteiger partial charge is 0.213 e. The first-order valence-electron chi connectivity index (χ1n) is 8.07. The average Bonchev–Trinajstić information content (AvgIpc) is 3.00. The molecule has 0 aliphatic heterocycles. The van der Waals surface area contributed by atoms with Crippen LogP contribution in [0, 0.1) is 29.6 Å². The predicted octanol–water partition coefficient (Wildman–Crippen LogP) is 4.13. The Morgan fingerprint density at radius 3 is 2.74 bits per heavy atom. The van der Waals surface area contributed by atoms with Crippen LogP contribution in [0.25, 0.3) is 33.2 Å². The van der Waals surface area contributed by atoms with E-state index in [-0.39, 0.29) is 16.8 Å². The van der Waals surface area contributed by atoms with Crippen molar-refractivity contribution in [3.63, 3.8) is 0 Å². The SMILES string of the molecule is Cc1ccc(N)c(C=N)c1-c1cc2c(oc3ccc(F)nc32)c(C#N)c1N. The van der Waals surface area contributed by atoms with Crippen molar-refractivity contribution in [2.24, 2.45) is 0 Å². The van der Waals surface area contributed by atoms with Gasteiger partial charge in [0.05, 0.1) is 5.69 Å². The van der Waals surface area contributed by atoms with Crippen LogP contribution in [0.15, 0.2) is 34.7 Å². The Balaban J connectivity index is 2.21. The van der Waals surface area contributed by atoms with E-state index in [1.165, 1.54) is 12.1 Å². The summed E-state index contributed by atoms with van der Waals surface area (Å²) >= 11 is 0. The van der Waals surface area contributed by atoms with Crippen LogP contribution < -0.4 is 11.5 Å². The van der Waals surface area contributed by atoms with Crippen LogP contribution in [0.1, 0.15) is 16.7 Å². The van der Waals surface area contributed by atoms with E-state index in [0.717, 1.165) is 11.8 Å². The van der Waals surface area contributed by atoms with Gasteiger partial charge in [-0.25, -0.2) is 4.98 Å². The molecule has 0 unspecified atom stereocenters. The van der Waals surface area contributed by atoms with E-state index >= 15 is 0 Å². The van der Waals surface area contributed by atoms with Crippen LogP contribution in [0.2, 0.25) is 0 Å². The number of anilines is 2. The van der Waals surface area contributed by atoms with Gasteiger partial charge >= 0.3 is 0 Å². The highest BCUT2D eigenvalue weighted by Crippen LogP contribution is 2.41. The van der Waals surface area contributed by atoms with Crippen LogP contribution in [0.3, 0.4) is 0 Å². The number of hydrogen-bond donors (Lipinski definition) is 3. The maximum absolute atomic E-state index is 13.7. The number of pyridine rings is 1. The molecule has 0 spiro atoms. The topological polar surface area (TPSA) is 126 Å². The molecule has 27 heavy (non-hydrogen) atoms. The van der Waals surface area contributed by atoms with Crippen molar-refractivity contribution < 1.29 is 8.81 Å². The van der Waals surface area contributed by atoms with E-state index in [1.807, 2.05) is 13.0 Å². The number of nitrogens with one attached hydrogen (secondary N) is 1. The number of rotatable bonds is 2. The van der Waals surface area contributed by atoms with Gasteiger partial charge in [-0.05, 0) is 42.3 Å². The molecule has 132 valence electrons. The molecule has 2 aromatic carbocycles. The number of aryl methyl sites for hydroxylation is 1. The number of fused-ring (bicyclic) bond motifs is 3. The van der Waals surface area contributed by atoms with E-state index in [1.54, 1.807) is 12.1 Å². The van der Waals surface area contributed by atoms with Crippen molar-refractivity contribution in [3.05, 3.63) is 53.0 Å². The molecule has 0 atom stereocenters. The Kier molecular flexibility index (Phi) is 3.56. The molecule has 2 aromatic heterocycles. The zero-order chi connectivity index (χ0) is 19.3. The van der Waals surface area contributed by atoms with Gasteiger partial charge in [0, 0.05) is 28.4 Å². The van der Waals surface area contributed by atoms with Gasteiger partial charge < -0.3 is 21.3 Å². The maximum atomic E-state index is 13.7. The minimum atomic E-state index is -0.651. The number of nitrogens with two attached hydrogens (primary N) is 2. The van der Waals surface area contributed by atoms with Gasteiger partial charge in [0.15, 0.2) is 11.2 Å². The van der Waals surface area contributed by atoms with Crippen LogP contribution in [-0.4, -0.2) is 11.2 Å². The first kappa shape index (κ1) is 16.5. The van der Waals surface area contributed by atoms with Gasteiger partial charge in [0.2, 0.25) is 5.95 Å². The van der Waals surface area contributed by atoms with Crippen molar-refractivity contribution >= 4 is 39.7 Å². The van der Waals surface area contributed by atoms with Gasteiger partial charge in [0.1, 0.15) is 17.1 Å². The Hall–Kier alpha value is -3.92. The highest BCUT2D eigenvalue weighted by atomic mass is 19.1. The lowest BCUT2D eigenvalue weighted by molar-refractivity contribution is 0.586. The number of aromatic nitrogens is 1. The predicted molar refractivity (Wildman–Crippen MR) is 103 cm³/mol. The molecule has 7 heteroatoms. The third-order valence-electron chi connectivity index (χ3n) is 4.62. The van der Waals surface area contributed by atoms with Crippen molar-refractivity contribution in [2.45, 2.75) is 6.92 Å². The van der Waals surface area contributed by atoms with Gasteiger partial charge in [-0.3, -0.25) is 0 Å². The summed E-state index contributed by atoms with van der Waals surface area (Å²) in [7, 11) is 0. The molecule has 0 radical (unpaired) electrons. The minimum Gasteiger partial charge on any atom is -0.453 e. The summed E-state index contributed by atoms with van der Waals surface area (Å²) in [5.41, 5.74) is 16.5. The summed E-state index contributed by atoms with van der Waals surface area (Å²) < 4.78 is 19.4. The molecular formula is C20H14FN5O. The molecule has 5 N–H and O–H groups in total. The highest BCUT2D eigenvalue weighted by Gasteiger charge is 2.21. The molecule has 0 aliphatic rings. The molecule has 4 rings (SSSR count). The van der Waals surface area contributed by atoms with Crippen LogP contribution in [0.5, 0.6) is 0 Å². The third-order valence-corrected chi connectivity index (χ3v) is 4.62. The summed E-state index contributed by atoms with van der Waals surface area (Å²) in [6.07, 6.45) is 1.15. The first-order valence-corrected chi connectivity index (χ1v) is 8.07. The molecule has 0 saturated carbocycles. The number of furan rings is 1.